The van der Waals surface area contributed by atoms with Gasteiger partial charge in [-0.25, -0.2) is 4.98 Å². The lowest BCUT2D eigenvalue weighted by molar-refractivity contribution is -0.130. The van der Waals surface area contributed by atoms with Gasteiger partial charge in [-0.1, -0.05) is 13.8 Å². The van der Waals surface area contributed by atoms with E-state index in [4.69, 9.17) is 9.72 Å². The number of methoxy groups -OCH3 is 1. The van der Waals surface area contributed by atoms with Crippen molar-refractivity contribution in [1.82, 2.24) is 9.88 Å². The van der Waals surface area contributed by atoms with E-state index in [2.05, 4.69) is 37.9 Å². The largest absolute Gasteiger partial charge is 0.383 e. The first-order valence-corrected chi connectivity index (χ1v) is 9.37. The fourth-order valence-electron chi connectivity index (χ4n) is 3.33. The third kappa shape index (κ3) is 5.70. The number of amides is 1. The molecule has 140 valence electrons. The highest BCUT2D eigenvalue weighted by Gasteiger charge is 2.21. The van der Waals surface area contributed by atoms with E-state index in [0.717, 1.165) is 50.4 Å². The smallest absolute Gasteiger partial charge is 0.219 e. The highest BCUT2D eigenvalue weighted by atomic mass is 16.5. The van der Waals surface area contributed by atoms with Gasteiger partial charge >= 0.3 is 0 Å². The summed E-state index contributed by atoms with van der Waals surface area (Å²) < 4.78 is 5.19. The lowest BCUT2D eigenvalue weighted by Gasteiger charge is -2.31. The summed E-state index contributed by atoms with van der Waals surface area (Å²) in [5, 5.41) is 0. The fraction of sp³-hybridized carbons (Fsp3) is 0.700. The van der Waals surface area contributed by atoms with Crippen LogP contribution in [-0.2, 0) is 16.0 Å². The van der Waals surface area contributed by atoms with E-state index in [1.54, 1.807) is 14.0 Å². The first-order valence-electron chi connectivity index (χ1n) is 9.37. The molecule has 0 aromatic carbocycles. The van der Waals surface area contributed by atoms with Crippen LogP contribution in [-0.4, -0.2) is 56.2 Å². The van der Waals surface area contributed by atoms with Gasteiger partial charge in [0.05, 0.1) is 6.61 Å². The van der Waals surface area contributed by atoms with Gasteiger partial charge < -0.3 is 14.5 Å². The van der Waals surface area contributed by atoms with E-state index in [9.17, 15) is 4.79 Å². The number of likely N-dealkylation sites (N-methyl/N-ethyl adjacent to an activating group) is 1. The van der Waals surface area contributed by atoms with Crippen LogP contribution in [0.2, 0.25) is 0 Å². The molecule has 1 amide bonds. The average molecular weight is 348 g/mol. The van der Waals surface area contributed by atoms with Crippen LogP contribution in [0, 0.1) is 5.92 Å². The fourth-order valence-corrected chi connectivity index (χ4v) is 3.33. The van der Waals surface area contributed by atoms with Crippen molar-refractivity contribution >= 4 is 11.7 Å². The van der Waals surface area contributed by atoms with Crippen LogP contribution in [0.4, 0.5) is 5.82 Å². The molecule has 0 bridgehead atoms. The quantitative estimate of drug-likeness (QED) is 0.760. The molecule has 1 aromatic rings. The summed E-state index contributed by atoms with van der Waals surface area (Å²) in [7, 11) is 3.80. The zero-order valence-corrected chi connectivity index (χ0v) is 16.4. The van der Waals surface area contributed by atoms with E-state index in [0.29, 0.717) is 18.4 Å². The van der Waals surface area contributed by atoms with Crippen molar-refractivity contribution in [1.29, 1.82) is 0 Å². The summed E-state index contributed by atoms with van der Waals surface area (Å²) in [6.45, 7) is 9.36. The molecule has 1 aliphatic heterocycles. The van der Waals surface area contributed by atoms with E-state index >= 15 is 0 Å². The maximum atomic E-state index is 11.5. The van der Waals surface area contributed by atoms with Crippen LogP contribution in [0.1, 0.15) is 50.8 Å². The van der Waals surface area contributed by atoms with Gasteiger partial charge in [-0.3, -0.25) is 4.79 Å². The number of hydrogen-bond acceptors (Lipinski definition) is 4. The van der Waals surface area contributed by atoms with E-state index < -0.39 is 0 Å². The molecule has 1 saturated heterocycles. The predicted molar refractivity (Wildman–Crippen MR) is 102 cm³/mol. The molecule has 0 radical (unpaired) electrons. The van der Waals surface area contributed by atoms with Crippen LogP contribution in [0.15, 0.2) is 12.1 Å². The molecule has 5 heteroatoms. The van der Waals surface area contributed by atoms with Gasteiger partial charge in [-0.05, 0) is 48.8 Å². The Labute approximate surface area is 152 Å². The van der Waals surface area contributed by atoms with Crippen molar-refractivity contribution in [3.8, 4) is 0 Å². The minimum absolute atomic E-state index is 0.200. The number of likely N-dealkylation sites (tertiary alicyclic amines) is 1. The zero-order chi connectivity index (χ0) is 18.4. The number of hydrogen-bond donors (Lipinski definition) is 0. The topological polar surface area (TPSA) is 45.7 Å². The van der Waals surface area contributed by atoms with Gasteiger partial charge in [0.1, 0.15) is 5.82 Å². The van der Waals surface area contributed by atoms with Gasteiger partial charge in [0.25, 0.3) is 0 Å². The molecule has 1 aromatic heterocycles. The molecular formula is C20H33N3O2. The Morgan fingerprint density at radius 2 is 2.04 bits per heavy atom. The Bertz CT molecular complexity index is 566. The summed E-state index contributed by atoms with van der Waals surface area (Å²) in [5.41, 5.74) is 2.51. The second-order valence-corrected chi connectivity index (χ2v) is 7.48. The summed E-state index contributed by atoms with van der Waals surface area (Å²) >= 11 is 0. The van der Waals surface area contributed by atoms with Crippen molar-refractivity contribution in [3.63, 3.8) is 0 Å². The molecule has 1 aliphatic rings. The van der Waals surface area contributed by atoms with E-state index in [1.165, 1.54) is 5.56 Å². The second-order valence-electron chi connectivity index (χ2n) is 7.48. The monoisotopic (exact) mass is 347 g/mol. The molecule has 5 nitrogen and oxygen atoms in total. The highest BCUT2D eigenvalue weighted by molar-refractivity contribution is 5.73. The molecule has 0 spiro atoms. The Kier molecular flexibility index (Phi) is 7.24. The number of nitrogens with zero attached hydrogens (tertiary/aromatic N) is 3. The number of carbonyl (C=O) groups is 1. The molecular weight excluding hydrogens is 314 g/mol. The van der Waals surface area contributed by atoms with Gasteiger partial charge in [0.15, 0.2) is 0 Å². The Morgan fingerprint density at radius 1 is 1.36 bits per heavy atom. The number of pyridine rings is 1. The third-order valence-corrected chi connectivity index (χ3v) is 5.09. The van der Waals surface area contributed by atoms with Gasteiger partial charge in [0.2, 0.25) is 5.91 Å². The molecule has 2 rings (SSSR count). The molecule has 0 unspecified atom stereocenters. The molecule has 0 aliphatic carbocycles. The zero-order valence-electron chi connectivity index (χ0n) is 16.4. The molecule has 0 atom stereocenters. The number of carbonyl (C=O) groups excluding carboxylic acids is 1. The van der Waals surface area contributed by atoms with Crippen LogP contribution < -0.4 is 4.90 Å². The average Bonchev–Trinajstić information content (AvgIpc) is 2.59. The maximum Gasteiger partial charge on any atom is 0.219 e. The van der Waals surface area contributed by atoms with Crippen LogP contribution in [0.25, 0.3) is 0 Å². The third-order valence-electron chi connectivity index (χ3n) is 5.09. The van der Waals surface area contributed by atoms with Crippen molar-refractivity contribution in [2.75, 3.05) is 45.3 Å². The lowest BCUT2D eigenvalue weighted by atomic mass is 9.89. The molecule has 1 fully saturated rings. The minimum atomic E-state index is 0.200. The normalized spacial score (nSPS) is 15.7. The highest BCUT2D eigenvalue weighted by Crippen LogP contribution is 2.26. The Balaban J connectivity index is 2.08. The first kappa shape index (κ1) is 19.7. The number of aromatic nitrogens is 1. The van der Waals surface area contributed by atoms with Gasteiger partial charge in [0, 0.05) is 46.4 Å². The number of anilines is 1. The van der Waals surface area contributed by atoms with E-state index in [1.807, 2.05) is 4.90 Å². The lowest BCUT2D eigenvalue weighted by Crippen LogP contribution is -2.37. The summed E-state index contributed by atoms with van der Waals surface area (Å²) in [4.78, 5) is 20.5. The Hall–Kier alpha value is -1.62. The molecule has 0 N–H and O–H groups in total. The summed E-state index contributed by atoms with van der Waals surface area (Å²) in [6, 6.07) is 4.48. The molecule has 2 heterocycles. The van der Waals surface area contributed by atoms with Gasteiger partial charge in [-0.2, -0.15) is 0 Å². The van der Waals surface area contributed by atoms with Crippen molar-refractivity contribution in [3.05, 3.63) is 23.4 Å². The van der Waals surface area contributed by atoms with Crippen molar-refractivity contribution in [2.45, 2.75) is 46.0 Å². The van der Waals surface area contributed by atoms with E-state index in [-0.39, 0.29) is 5.91 Å². The SMILES string of the molecule is COCCN(C)c1cc(CC2CCN(C(C)=O)CC2)cc(C(C)C)n1. The summed E-state index contributed by atoms with van der Waals surface area (Å²) in [5.74, 6) is 2.29. The second kappa shape index (κ2) is 9.18. The first-order chi connectivity index (χ1) is 11.9. The number of ether oxygens (including phenoxy) is 1. The van der Waals surface area contributed by atoms with Crippen LogP contribution >= 0.6 is 0 Å². The van der Waals surface area contributed by atoms with Crippen molar-refractivity contribution in [2.24, 2.45) is 5.92 Å². The Morgan fingerprint density at radius 3 is 2.60 bits per heavy atom. The molecule has 25 heavy (non-hydrogen) atoms. The predicted octanol–water partition coefficient (Wildman–Crippen LogP) is 3.09. The van der Waals surface area contributed by atoms with Crippen molar-refractivity contribution < 1.29 is 9.53 Å². The maximum absolute atomic E-state index is 11.5. The minimum Gasteiger partial charge on any atom is -0.383 e. The molecule has 0 saturated carbocycles. The summed E-state index contributed by atoms with van der Waals surface area (Å²) in [6.07, 6.45) is 3.25. The number of rotatable bonds is 7. The number of piperidine rings is 1. The van der Waals surface area contributed by atoms with Gasteiger partial charge in [-0.15, -0.1) is 0 Å². The van der Waals surface area contributed by atoms with Crippen LogP contribution in [0.5, 0.6) is 0 Å². The standard InChI is InChI=1S/C20H33N3O2/c1-15(2)19-13-18(14-20(21-19)22(4)10-11-25-5)12-17-6-8-23(9-7-17)16(3)24/h13-15,17H,6-12H2,1-5H3. The van der Waals surface area contributed by atoms with Crippen LogP contribution in [0.3, 0.4) is 0 Å².